The molecule has 0 radical (unpaired) electrons. The fourth-order valence-corrected chi connectivity index (χ4v) is 3.42. The van der Waals surface area contributed by atoms with Crippen LogP contribution in [0.3, 0.4) is 0 Å². The molecule has 1 N–H and O–H groups in total. The average Bonchev–Trinajstić information content (AvgIpc) is 2.64. The first-order valence-electron chi connectivity index (χ1n) is 8.07. The molecule has 1 fully saturated rings. The molecule has 18 heavy (non-hydrogen) atoms. The van der Waals surface area contributed by atoms with Crippen LogP contribution in [0.5, 0.6) is 0 Å². The van der Waals surface area contributed by atoms with Crippen molar-refractivity contribution in [1.82, 2.24) is 5.32 Å². The molecule has 1 saturated carbocycles. The molecule has 0 aromatic heterocycles. The summed E-state index contributed by atoms with van der Waals surface area (Å²) in [5.41, 5.74) is 0.111. The van der Waals surface area contributed by atoms with Gasteiger partial charge in [0.1, 0.15) is 0 Å². The van der Waals surface area contributed by atoms with Crippen molar-refractivity contribution in [2.75, 3.05) is 13.7 Å². The SMILES string of the molecule is CCCCCC(NCC)C1(OC)CCCCCC1. The normalized spacial score (nSPS) is 21.5. The van der Waals surface area contributed by atoms with E-state index in [9.17, 15) is 0 Å². The van der Waals surface area contributed by atoms with Crippen molar-refractivity contribution in [3.63, 3.8) is 0 Å². The zero-order chi connectivity index (χ0) is 13.3. The number of nitrogens with one attached hydrogen (secondary N) is 1. The summed E-state index contributed by atoms with van der Waals surface area (Å²) in [5.74, 6) is 0. The quantitative estimate of drug-likeness (QED) is 0.516. The van der Waals surface area contributed by atoms with Gasteiger partial charge in [0.25, 0.3) is 0 Å². The predicted molar refractivity (Wildman–Crippen MR) is 79.0 cm³/mol. The summed E-state index contributed by atoms with van der Waals surface area (Å²) in [6.07, 6.45) is 13.2. The lowest BCUT2D eigenvalue weighted by Gasteiger charge is -2.40. The standard InChI is InChI=1S/C16H33NO/c1-4-6-9-12-15(17-5-2)16(18-3)13-10-7-8-11-14-16/h15,17H,4-14H2,1-3H3. The molecule has 1 aliphatic rings. The fourth-order valence-electron chi connectivity index (χ4n) is 3.42. The number of methoxy groups -OCH3 is 1. The van der Waals surface area contributed by atoms with Gasteiger partial charge >= 0.3 is 0 Å². The summed E-state index contributed by atoms with van der Waals surface area (Å²) >= 11 is 0. The molecule has 0 aromatic carbocycles. The van der Waals surface area contributed by atoms with E-state index in [4.69, 9.17) is 4.74 Å². The van der Waals surface area contributed by atoms with Crippen molar-refractivity contribution >= 4 is 0 Å². The number of rotatable bonds is 8. The van der Waals surface area contributed by atoms with Gasteiger partial charge in [-0.3, -0.25) is 0 Å². The van der Waals surface area contributed by atoms with Crippen LogP contribution in [0.4, 0.5) is 0 Å². The molecule has 0 spiro atoms. The van der Waals surface area contributed by atoms with Crippen LogP contribution < -0.4 is 5.32 Å². The van der Waals surface area contributed by atoms with Crippen molar-refractivity contribution in [3.05, 3.63) is 0 Å². The maximum Gasteiger partial charge on any atom is 0.0830 e. The number of likely N-dealkylation sites (N-methyl/N-ethyl adjacent to an activating group) is 1. The molecule has 0 aliphatic heterocycles. The number of hydrogen-bond acceptors (Lipinski definition) is 2. The van der Waals surface area contributed by atoms with Crippen molar-refractivity contribution in [3.8, 4) is 0 Å². The van der Waals surface area contributed by atoms with Crippen LogP contribution in [0.25, 0.3) is 0 Å². The lowest BCUT2D eigenvalue weighted by Crippen LogP contribution is -2.52. The van der Waals surface area contributed by atoms with Gasteiger partial charge in [-0.25, -0.2) is 0 Å². The van der Waals surface area contributed by atoms with Crippen LogP contribution in [-0.4, -0.2) is 25.3 Å². The largest absolute Gasteiger partial charge is 0.377 e. The highest BCUT2D eigenvalue weighted by molar-refractivity contribution is 4.94. The van der Waals surface area contributed by atoms with Crippen LogP contribution >= 0.6 is 0 Å². The first kappa shape index (κ1) is 16.0. The number of ether oxygens (including phenoxy) is 1. The van der Waals surface area contributed by atoms with Gasteiger partial charge in [0, 0.05) is 13.2 Å². The van der Waals surface area contributed by atoms with Gasteiger partial charge in [-0.15, -0.1) is 0 Å². The van der Waals surface area contributed by atoms with E-state index in [-0.39, 0.29) is 5.60 Å². The van der Waals surface area contributed by atoms with E-state index in [1.807, 2.05) is 7.11 Å². The Morgan fingerprint density at radius 3 is 2.22 bits per heavy atom. The molecule has 1 unspecified atom stereocenters. The zero-order valence-electron chi connectivity index (χ0n) is 12.8. The highest BCUT2D eigenvalue weighted by Gasteiger charge is 2.38. The Hall–Kier alpha value is -0.0800. The van der Waals surface area contributed by atoms with E-state index in [1.54, 1.807) is 0 Å². The van der Waals surface area contributed by atoms with Crippen molar-refractivity contribution in [1.29, 1.82) is 0 Å². The van der Waals surface area contributed by atoms with Gasteiger partial charge in [-0.1, -0.05) is 58.8 Å². The lowest BCUT2D eigenvalue weighted by atomic mass is 9.83. The van der Waals surface area contributed by atoms with Crippen molar-refractivity contribution < 1.29 is 4.74 Å². The fraction of sp³-hybridized carbons (Fsp3) is 1.00. The van der Waals surface area contributed by atoms with E-state index in [1.165, 1.54) is 64.2 Å². The number of unbranched alkanes of at least 4 members (excludes halogenated alkanes) is 2. The molecule has 0 aromatic rings. The van der Waals surface area contributed by atoms with Crippen LogP contribution in [0.1, 0.15) is 78.1 Å². The minimum absolute atomic E-state index is 0.111. The zero-order valence-corrected chi connectivity index (χ0v) is 12.8. The van der Waals surface area contributed by atoms with Crippen LogP contribution in [0.2, 0.25) is 0 Å². The van der Waals surface area contributed by atoms with Crippen molar-refractivity contribution in [2.45, 2.75) is 89.7 Å². The van der Waals surface area contributed by atoms with E-state index >= 15 is 0 Å². The third-order valence-electron chi connectivity index (χ3n) is 4.54. The molecule has 0 heterocycles. The van der Waals surface area contributed by atoms with Gasteiger partial charge in [0.15, 0.2) is 0 Å². The minimum atomic E-state index is 0.111. The Kier molecular flexibility index (Phi) is 7.92. The molecule has 0 saturated heterocycles. The Morgan fingerprint density at radius 2 is 1.72 bits per heavy atom. The topological polar surface area (TPSA) is 21.3 Å². The molecule has 0 amide bonds. The van der Waals surface area contributed by atoms with E-state index in [0.717, 1.165) is 6.54 Å². The van der Waals surface area contributed by atoms with Crippen molar-refractivity contribution in [2.24, 2.45) is 0 Å². The summed E-state index contributed by atoms with van der Waals surface area (Å²) in [4.78, 5) is 0. The second-order valence-corrected chi connectivity index (χ2v) is 5.79. The molecule has 1 rings (SSSR count). The molecular formula is C16H33NO. The highest BCUT2D eigenvalue weighted by atomic mass is 16.5. The maximum absolute atomic E-state index is 6.04. The second kappa shape index (κ2) is 8.92. The van der Waals surface area contributed by atoms with Crippen LogP contribution in [0, 0.1) is 0 Å². The van der Waals surface area contributed by atoms with Gasteiger partial charge in [0.05, 0.1) is 5.60 Å². The Morgan fingerprint density at radius 1 is 1.06 bits per heavy atom. The van der Waals surface area contributed by atoms with Crippen LogP contribution in [0.15, 0.2) is 0 Å². The van der Waals surface area contributed by atoms with Crippen LogP contribution in [-0.2, 0) is 4.74 Å². The molecule has 2 heteroatoms. The monoisotopic (exact) mass is 255 g/mol. The Bertz CT molecular complexity index is 197. The Balaban J connectivity index is 2.63. The van der Waals surface area contributed by atoms with Gasteiger partial charge < -0.3 is 10.1 Å². The van der Waals surface area contributed by atoms with Gasteiger partial charge in [0.2, 0.25) is 0 Å². The summed E-state index contributed by atoms with van der Waals surface area (Å²) in [7, 11) is 1.93. The molecule has 2 nitrogen and oxygen atoms in total. The predicted octanol–water partition coefficient (Wildman–Crippen LogP) is 4.28. The summed E-state index contributed by atoms with van der Waals surface area (Å²) in [5, 5.41) is 3.71. The first-order valence-corrected chi connectivity index (χ1v) is 8.07. The van der Waals surface area contributed by atoms with E-state index < -0.39 is 0 Å². The highest BCUT2D eigenvalue weighted by Crippen LogP contribution is 2.34. The molecular weight excluding hydrogens is 222 g/mol. The third kappa shape index (κ3) is 4.55. The maximum atomic E-state index is 6.04. The lowest BCUT2D eigenvalue weighted by molar-refractivity contribution is -0.0549. The second-order valence-electron chi connectivity index (χ2n) is 5.79. The summed E-state index contributed by atoms with van der Waals surface area (Å²) < 4.78 is 6.04. The third-order valence-corrected chi connectivity index (χ3v) is 4.54. The molecule has 1 aliphatic carbocycles. The van der Waals surface area contributed by atoms with Gasteiger partial charge in [-0.05, 0) is 25.8 Å². The Labute approximate surface area is 114 Å². The van der Waals surface area contributed by atoms with E-state index in [0.29, 0.717) is 6.04 Å². The molecule has 1 atom stereocenters. The first-order chi connectivity index (χ1) is 8.79. The van der Waals surface area contributed by atoms with Gasteiger partial charge in [-0.2, -0.15) is 0 Å². The number of hydrogen-bond donors (Lipinski definition) is 1. The summed E-state index contributed by atoms with van der Waals surface area (Å²) in [6, 6.07) is 0.553. The smallest absolute Gasteiger partial charge is 0.0830 e. The molecule has 108 valence electrons. The molecule has 0 bridgehead atoms. The minimum Gasteiger partial charge on any atom is -0.377 e. The summed E-state index contributed by atoms with van der Waals surface area (Å²) in [6.45, 7) is 5.55. The van der Waals surface area contributed by atoms with E-state index in [2.05, 4.69) is 19.2 Å². The average molecular weight is 255 g/mol.